The lowest BCUT2D eigenvalue weighted by Gasteiger charge is -2.03. The number of nitrogens with one attached hydrogen (secondary N) is 1. The molecular formula is C18H16N2O3S. The van der Waals surface area contributed by atoms with Crippen LogP contribution < -0.4 is 14.8 Å². The zero-order chi connectivity index (χ0) is 16.9. The fourth-order valence-electron chi connectivity index (χ4n) is 2.18. The number of benzene rings is 2. The third-order valence-electron chi connectivity index (χ3n) is 3.38. The van der Waals surface area contributed by atoms with Crippen molar-refractivity contribution in [2.45, 2.75) is 0 Å². The summed E-state index contributed by atoms with van der Waals surface area (Å²) in [6, 6.07) is 14.9. The molecule has 0 aliphatic carbocycles. The summed E-state index contributed by atoms with van der Waals surface area (Å²) in [4.78, 5) is 17.2. The van der Waals surface area contributed by atoms with E-state index in [0.717, 1.165) is 22.7 Å². The van der Waals surface area contributed by atoms with Crippen molar-refractivity contribution in [1.82, 2.24) is 5.32 Å². The maximum absolute atomic E-state index is 12.1. The van der Waals surface area contributed by atoms with Crippen LogP contribution in [0.1, 0.15) is 5.56 Å². The van der Waals surface area contributed by atoms with E-state index in [0.29, 0.717) is 10.1 Å². The molecule has 1 N–H and O–H groups in total. The number of nitrogens with zero attached hydrogens (tertiary/aromatic N) is 1. The molecule has 122 valence electrons. The third kappa shape index (κ3) is 3.60. The number of amidine groups is 1. The average Bonchev–Trinajstić information content (AvgIpc) is 2.95. The summed E-state index contributed by atoms with van der Waals surface area (Å²) in [6.07, 6.45) is 1.80. The first-order chi connectivity index (χ1) is 11.7. The summed E-state index contributed by atoms with van der Waals surface area (Å²) in [5, 5.41) is 3.32. The summed E-state index contributed by atoms with van der Waals surface area (Å²) in [5.41, 5.74) is 1.60. The monoisotopic (exact) mass is 340 g/mol. The highest BCUT2D eigenvalue weighted by Gasteiger charge is 2.24. The lowest BCUT2D eigenvalue weighted by Crippen LogP contribution is -2.19. The van der Waals surface area contributed by atoms with E-state index in [2.05, 4.69) is 10.3 Å². The van der Waals surface area contributed by atoms with Gasteiger partial charge in [-0.3, -0.25) is 4.79 Å². The van der Waals surface area contributed by atoms with Crippen LogP contribution in [0.5, 0.6) is 11.5 Å². The second kappa shape index (κ2) is 7.23. The number of carbonyl (C=O) groups excluding carboxylic acids is 1. The number of para-hydroxylation sites is 1. The zero-order valence-electron chi connectivity index (χ0n) is 13.3. The van der Waals surface area contributed by atoms with Crippen molar-refractivity contribution in [3.8, 4) is 11.5 Å². The van der Waals surface area contributed by atoms with Gasteiger partial charge in [0, 0.05) is 5.56 Å². The molecule has 24 heavy (non-hydrogen) atoms. The first-order valence-corrected chi connectivity index (χ1v) is 8.08. The highest BCUT2D eigenvalue weighted by atomic mass is 32.2. The Hall–Kier alpha value is -2.73. The Labute approximate surface area is 144 Å². The summed E-state index contributed by atoms with van der Waals surface area (Å²) >= 11 is 1.30. The highest BCUT2D eigenvalue weighted by Crippen LogP contribution is 2.30. The quantitative estimate of drug-likeness (QED) is 0.864. The van der Waals surface area contributed by atoms with Crippen molar-refractivity contribution in [2.75, 3.05) is 14.2 Å². The number of methoxy groups -OCH3 is 2. The Balaban J connectivity index is 1.82. The van der Waals surface area contributed by atoms with Crippen molar-refractivity contribution in [3.05, 3.63) is 59.0 Å². The molecule has 5 nitrogen and oxygen atoms in total. The van der Waals surface area contributed by atoms with Crippen LogP contribution in [0.3, 0.4) is 0 Å². The van der Waals surface area contributed by atoms with Gasteiger partial charge in [0.25, 0.3) is 5.91 Å². The summed E-state index contributed by atoms with van der Waals surface area (Å²) in [7, 11) is 3.22. The normalized spacial score (nSPS) is 17.2. The van der Waals surface area contributed by atoms with Gasteiger partial charge in [-0.25, -0.2) is 4.99 Å². The fraction of sp³-hybridized carbons (Fsp3) is 0.111. The second-order valence-electron chi connectivity index (χ2n) is 4.92. The predicted molar refractivity (Wildman–Crippen MR) is 96.8 cm³/mol. The molecule has 0 bridgehead atoms. The van der Waals surface area contributed by atoms with Crippen LogP contribution in [0.2, 0.25) is 0 Å². The molecule has 1 heterocycles. The van der Waals surface area contributed by atoms with E-state index in [-0.39, 0.29) is 5.91 Å². The number of amides is 1. The number of hydrogen-bond acceptors (Lipinski definition) is 5. The van der Waals surface area contributed by atoms with Gasteiger partial charge < -0.3 is 14.8 Å². The third-order valence-corrected chi connectivity index (χ3v) is 4.29. The number of carbonyl (C=O) groups is 1. The van der Waals surface area contributed by atoms with Crippen LogP contribution in [-0.4, -0.2) is 25.3 Å². The first-order valence-electron chi connectivity index (χ1n) is 7.26. The molecule has 2 aromatic carbocycles. The maximum atomic E-state index is 12.1. The van der Waals surface area contributed by atoms with Gasteiger partial charge in [-0.05, 0) is 48.2 Å². The van der Waals surface area contributed by atoms with Crippen molar-refractivity contribution < 1.29 is 14.3 Å². The standard InChI is InChI=1S/C18H16N2O3S/c1-22-14-9-7-13(8-10-14)19-18-20-17(21)16(24-18)11-12-5-3-4-6-15(12)23-2/h3-11H,1-2H3,(H,19,20,21). The topological polar surface area (TPSA) is 59.9 Å². The van der Waals surface area contributed by atoms with Crippen LogP contribution in [0.15, 0.2) is 58.4 Å². The maximum Gasteiger partial charge on any atom is 0.264 e. The van der Waals surface area contributed by atoms with Crippen LogP contribution in [0, 0.1) is 0 Å². The number of aliphatic imine (C=N–C) groups is 1. The molecule has 1 fully saturated rings. The Morgan fingerprint density at radius 2 is 1.79 bits per heavy atom. The minimum absolute atomic E-state index is 0.168. The number of thioether (sulfide) groups is 1. The highest BCUT2D eigenvalue weighted by molar-refractivity contribution is 8.18. The summed E-state index contributed by atoms with van der Waals surface area (Å²) in [5.74, 6) is 1.32. The summed E-state index contributed by atoms with van der Waals surface area (Å²) in [6.45, 7) is 0. The van der Waals surface area contributed by atoms with E-state index < -0.39 is 0 Å². The fourth-order valence-corrected chi connectivity index (χ4v) is 3.01. The molecule has 0 radical (unpaired) electrons. The number of hydrogen-bond donors (Lipinski definition) is 1. The molecule has 0 saturated carbocycles. The van der Waals surface area contributed by atoms with Crippen LogP contribution in [0.25, 0.3) is 6.08 Å². The van der Waals surface area contributed by atoms with Gasteiger partial charge in [-0.2, -0.15) is 0 Å². The Morgan fingerprint density at radius 3 is 2.50 bits per heavy atom. The van der Waals surface area contributed by atoms with Gasteiger partial charge in [0.2, 0.25) is 0 Å². The molecule has 2 aromatic rings. The molecule has 0 atom stereocenters. The van der Waals surface area contributed by atoms with Crippen molar-refractivity contribution >= 4 is 34.6 Å². The Bertz CT molecular complexity index is 813. The van der Waals surface area contributed by atoms with E-state index in [1.54, 1.807) is 20.3 Å². The lowest BCUT2D eigenvalue weighted by atomic mass is 10.2. The Kier molecular flexibility index (Phi) is 4.86. The molecule has 1 aliphatic rings. The van der Waals surface area contributed by atoms with Gasteiger partial charge >= 0.3 is 0 Å². The van der Waals surface area contributed by atoms with Crippen molar-refractivity contribution in [3.63, 3.8) is 0 Å². The molecule has 0 spiro atoms. The SMILES string of the molecule is COc1ccc(N=C2NC(=O)C(=Cc3ccccc3OC)S2)cc1. The molecule has 6 heteroatoms. The largest absolute Gasteiger partial charge is 0.497 e. The molecule has 3 rings (SSSR count). The van der Waals surface area contributed by atoms with E-state index >= 15 is 0 Å². The Morgan fingerprint density at radius 1 is 1.04 bits per heavy atom. The van der Waals surface area contributed by atoms with Crippen LogP contribution >= 0.6 is 11.8 Å². The van der Waals surface area contributed by atoms with Crippen LogP contribution in [0.4, 0.5) is 5.69 Å². The van der Waals surface area contributed by atoms with Gasteiger partial charge in [-0.1, -0.05) is 18.2 Å². The van der Waals surface area contributed by atoms with Crippen molar-refractivity contribution in [2.24, 2.45) is 4.99 Å². The van der Waals surface area contributed by atoms with E-state index in [4.69, 9.17) is 9.47 Å². The van der Waals surface area contributed by atoms with Gasteiger partial charge in [0.05, 0.1) is 24.8 Å². The second-order valence-corrected chi connectivity index (χ2v) is 5.95. The molecule has 0 unspecified atom stereocenters. The minimum Gasteiger partial charge on any atom is -0.497 e. The summed E-state index contributed by atoms with van der Waals surface area (Å²) < 4.78 is 10.4. The number of rotatable bonds is 4. The molecule has 1 saturated heterocycles. The lowest BCUT2D eigenvalue weighted by molar-refractivity contribution is -0.115. The van der Waals surface area contributed by atoms with Crippen LogP contribution in [-0.2, 0) is 4.79 Å². The molecule has 0 aromatic heterocycles. The first kappa shape index (κ1) is 16.1. The zero-order valence-corrected chi connectivity index (χ0v) is 14.1. The van der Waals surface area contributed by atoms with E-state index in [1.165, 1.54) is 11.8 Å². The van der Waals surface area contributed by atoms with Gasteiger partial charge in [-0.15, -0.1) is 0 Å². The van der Waals surface area contributed by atoms with Gasteiger partial charge in [0.15, 0.2) is 5.17 Å². The average molecular weight is 340 g/mol. The van der Waals surface area contributed by atoms with Gasteiger partial charge in [0.1, 0.15) is 11.5 Å². The molecule has 1 aliphatic heterocycles. The van der Waals surface area contributed by atoms with Crippen molar-refractivity contribution in [1.29, 1.82) is 0 Å². The van der Waals surface area contributed by atoms with E-state index in [1.807, 2.05) is 48.5 Å². The number of ether oxygens (including phenoxy) is 2. The smallest absolute Gasteiger partial charge is 0.264 e. The predicted octanol–water partition coefficient (Wildman–Crippen LogP) is 3.60. The van der Waals surface area contributed by atoms with E-state index in [9.17, 15) is 4.79 Å². The molecule has 1 amide bonds. The molecular weight excluding hydrogens is 324 g/mol. The minimum atomic E-state index is -0.168.